The molecule has 0 aliphatic carbocycles. The van der Waals surface area contributed by atoms with Crippen molar-refractivity contribution in [2.45, 2.75) is 46.3 Å². The van der Waals surface area contributed by atoms with E-state index in [1.165, 1.54) is 0 Å². The third-order valence-corrected chi connectivity index (χ3v) is 3.83. The number of esters is 3. The normalized spacial score (nSPS) is 22.5. The fourth-order valence-electron chi connectivity index (χ4n) is 2.93. The van der Waals surface area contributed by atoms with Gasteiger partial charge < -0.3 is 24.3 Å². The zero-order valence-corrected chi connectivity index (χ0v) is 14.8. The molecule has 0 amide bonds. The van der Waals surface area contributed by atoms with E-state index >= 15 is 0 Å². The molecule has 0 aromatic carbocycles. The highest BCUT2D eigenvalue weighted by atomic mass is 16.6. The fourth-order valence-corrected chi connectivity index (χ4v) is 2.93. The van der Waals surface area contributed by atoms with Crippen molar-refractivity contribution in [3.63, 3.8) is 0 Å². The molecule has 24 heavy (non-hydrogen) atoms. The van der Waals surface area contributed by atoms with E-state index in [4.69, 9.17) is 18.9 Å². The molecular formula is C16H27NO7. The molecule has 0 spiro atoms. The molecule has 1 rings (SSSR count). The van der Waals surface area contributed by atoms with Gasteiger partial charge in [0.2, 0.25) is 5.41 Å². The molecule has 2 atom stereocenters. The Morgan fingerprint density at radius 2 is 1.46 bits per heavy atom. The maximum Gasteiger partial charge on any atom is 0.328 e. The van der Waals surface area contributed by atoms with Crippen LogP contribution in [0.4, 0.5) is 0 Å². The summed E-state index contributed by atoms with van der Waals surface area (Å²) in [6.07, 6.45) is -0.474. The predicted molar refractivity (Wildman–Crippen MR) is 84.2 cm³/mol. The monoisotopic (exact) mass is 345 g/mol. The van der Waals surface area contributed by atoms with E-state index in [2.05, 4.69) is 5.32 Å². The van der Waals surface area contributed by atoms with Crippen molar-refractivity contribution in [2.75, 3.05) is 33.0 Å². The average Bonchev–Trinajstić information content (AvgIpc) is 2.55. The van der Waals surface area contributed by atoms with Gasteiger partial charge in [0.05, 0.1) is 25.9 Å². The Bertz CT molecular complexity index is 432. The third-order valence-electron chi connectivity index (χ3n) is 3.83. The second kappa shape index (κ2) is 9.58. The smallest absolute Gasteiger partial charge is 0.328 e. The van der Waals surface area contributed by atoms with Crippen LogP contribution in [0, 0.1) is 5.41 Å². The van der Waals surface area contributed by atoms with Gasteiger partial charge in [-0.05, 0) is 40.7 Å². The van der Waals surface area contributed by atoms with Gasteiger partial charge >= 0.3 is 17.9 Å². The van der Waals surface area contributed by atoms with E-state index < -0.39 is 35.5 Å². The van der Waals surface area contributed by atoms with Crippen molar-refractivity contribution in [3.05, 3.63) is 0 Å². The molecule has 8 heteroatoms. The first-order valence-electron chi connectivity index (χ1n) is 8.36. The van der Waals surface area contributed by atoms with Crippen LogP contribution in [-0.4, -0.2) is 63.0 Å². The molecule has 0 radical (unpaired) electrons. The van der Waals surface area contributed by atoms with Crippen LogP contribution in [0.25, 0.3) is 0 Å². The van der Waals surface area contributed by atoms with Crippen molar-refractivity contribution >= 4 is 17.9 Å². The number of carbonyl (C=O) groups is 3. The maximum atomic E-state index is 12.8. The first-order valence-corrected chi connectivity index (χ1v) is 8.36. The van der Waals surface area contributed by atoms with Crippen LogP contribution in [0.1, 0.15) is 34.1 Å². The van der Waals surface area contributed by atoms with Crippen molar-refractivity contribution in [3.8, 4) is 0 Å². The SMILES string of the molecule is CCOC(=O)[C@H]1NCC[C@H](OCC)C1(C(=O)OCC)C(=O)OCC. The van der Waals surface area contributed by atoms with E-state index in [0.717, 1.165) is 0 Å². The van der Waals surface area contributed by atoms with Crippen LogP contribution < -0.4 is 5.32 Å². The lowest BCUT2D eigenvalue weighted by atomic mass is 9.71. The van der Waals surface area contributed by atoms with Crippen LogP contribution in [0.2, 0.25) is 0 Å². The van der Waals surface area contributed by atoms with Gasteiger partial charge in [-0.15, -0.1) is 0 Å². The predicted octanol–water partition coefficient (Wildman–Crippen LogP) is 0.429. The molecule has 0 saturated carbocycles. The van der Waals surface area contributed by atoms with Gasteiger partial charge in [0.1, 0.15) is 6.04 Å². The molecule has 1 aliphatic heterocycles. The van der Waals surface area contributed by atoms with Crippen molar-refractivity contribution in [1.29, 1.82) is 0 Å². The Kier molecular flexibility index (Phi) is 8.14. The minimum Gasteiger partial charge on any atom is -0.465 e. The first-order chi connectivity index (χ1) is 11.5. The van der Waals surface area contributed by atoms with Crippen molar-refractivity contribution in [1.82, 2.24) is 5.32 Å². The van der Waals surface area contributed by atoms with E-state index in [1.54, 1.807) is 27.7 Å². The van der Waals surface area contributed by atoms with E-state index in [9.17, 15) is 14.4 Å². The van der Waals surface area contributed by atoms with E-state index in [-0.39, 0.29) is 26.4 Å². The number of piperidine rings is 1. The highest BCUT2D eigenvalue weighted by Gasteiger charge is 2.65. The Balaban J connectivity index is 3.43. The molecule has 1 saturated heterocycles. The first kappa shape index (κ1) is 20.4. The Hall–Kier alpha value is -1.67. The highest BCUT2D eigenvalue weighted by Crippen LogP contribution is 2.38. The molecule has 1 N–H and O–H groups in total. The number of hydrogen-bond acceptors (Lipinski definition) is 8. The summed E-state index contributed by atoms with van der Waals surface area (Å²) in [5, 5.41) is 2.91. The summed E-state index contributed by atoms with van der Waals surface area (Å²) in [6.45, 7) is 7.58. The third kappa shape index (κ3) is 3.87. The fraction of sp³-hybridized carbons (Fsp3) is 0.812. The zero-order chi connectivity index (χ0) is 18.2. The van der Waals surface area contributed by atoms with Gasteiger partial charge in [-0.1, -0.05) is 0 Å². The molecule has 138 valence electrons. The standard InChI is InChI=1S/C16H27NO7/c1-5-21-11-9-10-17-12(13(18)22-6-2)16(11,14(19)23-7-3)15(20)24-8-4/h11-12,17H,5-10H2,1-4H3/t11-,12+/m0/s1. The van der Waals surface area contributed by atoms with Crippen LogP contribution in [0.5, 0.6) is 0 Å². The Labute approximate surface area is 142 Å². The Morgan fingerprint density at radius 1 is 0.917 bits per heavy atom. The average molecular weight is 345 g/mol. The molecule has 0 bridgehead atoms. The summed E-state index contributed by atoms with van der Waals surface area (Å²) in [5.41, 5.74) is -1.92. The summed E-state index contributed by atoms with van der Waals surface area (Å²) in [6, 6.07) is -1.22. The lowest BCUT2D eigenvalue weighted by Crippen LogP contribution is -2.69. The molecular weight excluding hydrogens is 318 g/mol. The highest BCUT2D eigenvalue weighted by molar-refractivity contribution is 6.06. The van der Waals surface area contributed by atoms with E-state index in [1.807, 2.05) is 0 Å². The van der Waals surface area contributed by atoms with Crippen LogP contribution in [-0.2, 0) is 33.3 Å². The summed E-state index contributed by atoms with van der Waals surface area (Å²) < 4.78 is 20.9. The molecule has 1 aliphatic rings. The van der Waals surface area contributed by atoms with Crippen LogP contribution in [0.3, 0.4) is 0 Å². The molecule has 8 nitrogen and oxygen atoms in total. The summed E-state index contributed by atoms with van der Waals surface area (Å²) in [5.74, 6) is -2.39. The molecule has 0 aromatic heterocycles. The minimum atomic E-state index is -1.92. The van der Waals surface area contributed by atoms with Crippen molar-refractivity contribution < 1.29 is 33.3 Å². The number of hydrogen-bond donors (Lipinski definition) is 1. The molecule has 1 fully saturated rings. The number of rotatable bonds is 8. The quantitative estimate of drug-likeness (QED) is 0.384. The summed E-state index contributed by atoms with van der Waals surface area (Å²) in [7, 11) is 0. The second-order valence-electron chi connectivity index (χ2n) is 5.18. The van der Waals surface area contributed by atoms with Gasteiger partial charge in [-0.3, -0.25) is 14.4 Å². The van der Waals surface area contributed by atoms with Crippen LogP contribution in [0.15, 0.2) is 0 Å². The Morgan fingerprint density at radius 3 is 1.92 bits per heavy atom. The number of ether oxygens (including phenoxy) is 4. The second-order valence-corrected chi connectivity index (χ2v) is 5.18. The lowest BCUT2D eigenvalue weighted by Gasteiger charge is -2.43. The molecule has 0 aromatic rings. The van der Waals surface area contributed by atoms with Crippen molar-refractivity contribution in [2.24, 2.45) is 5.41 Å². The van der Waals surface area contributed by atoms with Crippen LogP contribution >= 0.6 is 0 Å². The maximum absolute atomic E-state index is 12.8. The van der Waals surface area contributed by atoms with Gasteiger partial charge in [-0.2, -0.15) is 0 Å². The number of nitrogens with one attached hydrogen (secondary N) is 1. The molecule has 0 unspecified atom stereocenters. The van der Waals surface area contributed by atoms with Gasteiger partial charge in [0.15, 0.2) is 0 Å². The number of carbonyl (C=O) groups excluding carboxylic acids is 3. The van der Waals surface area contributed by atoms with Gasteiger partial charge in [0, 0.05) is 6.61 Å². The van der Waals surface area contributed by atoms with E-state index in [0.29, 0.717) is 13.0 Å². The summed E-state index contributed by atoms with van der Waals surface area (Å²) in [4.78, 5) is 38.0. The minimum absolute atomic E-state index is 0.0639. The van der Waals surface area contributed by atoms with Gasteiger partial charge in [-0.25, -0.2) is 0 Å². The largest absolute Gasteiger partial charge is 0.465 e. The molecule has 1 heterocycles. The lowest BCUT2D eigenvalue weighted by molar-refractivity contribution is -0.197. The summed E-state index contributed by atoms with van der Waals surface area (Å²) >= 11 is 0. The van der Waals surface area contributed by atoms with Gasteiger partial charge in [0.25, 0.3) is 0 Å². The zero-order valence-electron chi connectivity index (χ0n) is 14.8. The topological polar surface area (TPSA) is 100 Å².